The first kappa shape index (κ1) is 11.2. The van der Waals surface area contributed by atoms with Crippen molar-refractivity contribution in [2.75, 3.05) is 13.6 Å². The predicted octanol–water partition coefficient (Wildman–Crippen LogP) is 2.29. The number of halogens is 1. The van der Waals surface area contributed by atoms with E-state index in [2.05, 4.69) is 39.3 Å². The summed E-state index contributed by atoms with van der Waals surface area (Å²) in [5.41, 5.74) is 5.70. The summed E-state index contributed by atoms with van der Waals surface area (Å²) >= 11 is 5.22. The van der Waals surface area contributed by atoms with E-state index in [4.69, 9.17) is 5.73 Å². The highest BCUT2D eigenvalue weighted by molar-refractivity contribution is 9.10. The third kappa shape index (κ3) is 4.22. The topological polar surface area (TPSA) is 29.3 Å². The van der Waals surface area contributed by atoms with Crippen LogP contribution in [-0.4, -0.2) is 24.5 Å². The molecule has 0 bridgehead atoms. The van der Waals surface area contributed by atoms with Crippen molar-refractivity contribution in [2.24, 2.45) is 5.73 Å². The molecule has 0 amide bonds. The minimum Gasteiger partial charge on any atom is -0.327 e. The Morgan fingerprint density at radius 1 is 1.69 bits per heavy atom. The van der Waals surface area contributed by atoms with Crippen molar-refractivity contribution in [3.05, 3.63) is 20.8 Å². The van der Waals surface area contributed by atoms with Crippen molar-refractivity contribution in [2.45, 2.75) is 19.5 Å². The van der Waals surface area contributed by atoms with E-state index in [0.29, 0.717) is 0 Å². The third-order valence-corrected chi connectivity index (χ3v) is 3.33. The second-order valence-electron chi connectivity index (χ2n) is 3.41. The fourth-order valence-corrected chi connectivity index (χ4v) is 2.79. The molecule has 0 aliphatic rings. The molecule has 0 saturated carbocycles. The van der Waals surface area contributed by atoms with Crippen molar-refractivity contribution < 1.29 is 0 Å². The molecule has 13 heavy (non-hydrogen) atoms. The average molecular weight is 263 g/mol. The molecule has 0 aliphatic carbocycles. The molecule has 1 aromatic rings. The first-order valence-electron chi connectivity index (χ1n) is 4.25. The van der Waals surface area contributed by atoms with Gasteiger partial charge in [0.2, 0.25) is 0 Å². The summed E-state index contributed by atoms with van der Waals surface area (Å²) in [4.78, 5) is 3.61. The van der Waals surface area contributed by atoms with Gasteiger partial charge in [-0.05, 0) is 36.0 Å². The van der Waals surface area contributed by atoms with E-state index in [9.17, 15) is 0 Å². The molecule has 1 heterocycles. The van der Waals surface area contributed by atoms with Crippen LogP contribution < -0.4 is 5.73 Å². The number of rotatable bonds is 4. The molecular weight excluding hydrogens is 248 g/mol. The molecule has 2 N–H and O–H groups in total. The van der Waals surface area contributed by atoms with E-state index in [1.165, 1.54) is 9.35 Å². The molecule has 1 aromatic heterocycles. The Labute approximate surface area is 91.9 Å². The first-order chi connectivity index (χ1) is 6.08. The summed E-state index contributed by atoms with van der Waals surface area (Å²) in [5, 5.41) is 2.11. The Morgan fingerprint density at radius 3 is 2.85 bits per heavy atom. The Hall–Kier alpha value is 0.1000. The van der Waals surface area contributed by atoms with Gasteiger partial charge in [-0.15, -0.1) is 11.3 Å². The van der Waals surface area contributed by atoms with Crippen LogP contribution in [0.25, 0.3) is 0 Å². The fraction of sp³-hybridized carbons (Fsp3) is 0.556. The molecule has 4 heteroatoms. The number of nitrogens with zero attached hydrogens (tertiary/aromatic N) is 1. The van der Waals surface area contributed by atoms with E-state index in [1.807, 2.05) is 6.92 Å². The minimum absolute atomic E-state index is 0.244. The summed E-state index contributed by atoms with van der Waals surface area (Å²) in [6.45, 7) is 3.95. The van der Waals surface area contributed by atoms with E-state index < -0.39 is 0 Å². The summed E-state index contributed by atoms with van der Waals surface area (Å²) in [6, 6.07) is 2.40. The second kappa shape index (κ2) is 5.10. The number of nitrogens with two attached hydrogens (primary N) is 1. The molecule has 1 atom stereocenters. The smallest absolute Gasteiger partial charge is 0.0325 e. The van der Waals surface area contributed by atoms with Crippen LogP contribution in [0, 0.1) is 0 Å². The van der Waals surface area contributed by atoms with Crippen LogP contribution >= 0.6 is 27.3 Å². The number of hydrogen-bond donors (Lipinski definition) is 1. The lowest BCUT2D eigenvalue weighted by Crippen LogP contribution is -2.32. The van der Waals surface area contributed by atoms with Crippen LogP contribution in [0.4, 0.5) is 0 Å². The lowest BCUT2D eigenvalue weighted by molar-refractivity contribution is 0.312. The standard InChI is InChI=1S/C9H15BrN2S/c1-7(11)4-12(2)5-9-3-8(10)6-13-9/h3,6-7H,4-5,11H2,1-2H3. The van der Waals surface area contributed by atoms with Gasteiger partial charge in [-0.25, -0.2) is 0 Å². The predicted molar refractivity (Wildman–Crippen MR) is 62.0 cm³/mol. The largest absolute Gasteiger partial charge is 0.327 e. The molecule has 0 fully saturated rings. The van der Waals surface area contributed by atoms with Gasteiger partial charge in [0.15, 0.2) is 0 Å². The van der Waals surface area contributed by atoms with E-state index in [-0.39, 0.29) is 6.04 Å². The highest BCUT2D eigenvalue weighted by Gasteiger charge is 2.04. The molecule has 0 aliphatic heterocycles. The summed E-state index contributed by atoms with van der Waals surface area (Å²) in [5.74, 6) is 0. The zero-order valence-electron chi connectivity index (χ0n) is 7.96. The zero-order valence-corrected chi connectivity index (χ0v) is 10.4. The van der Waals surface area contributed by atoms with E-state index in [0.717, 1.165) is 13.1 Å². The van der Waals surface area contributed by atoms with Gasteiger partial charge in [-0.2, -0.15) is 0 Å². The maximum absolute atomic E-state index is 5.70. The lowest BCUT2D eigenvalue weighted by atomic mass is 10.3. The molecular formula is C9H15BrN2S. The maximum Gasteiger partial charge on any atom is 0.0325 e. The molecule has 1 rings (SSSR count). The summed E-state index contributed by atoms with van der Waals surface area (Å²) in [7, 11) is 2.09. The van der Waals surface area contributed by atoms with Crippen molar-refractivity contribution >= 4 is 27.3 Å². The van der Waals surface area contributed by atoms with Gasteiger partial charge in [0.05, 0.1) is 0 Å². The van der Waals surface area contributed by atoms with Crippen molar-refractivity contribution in [3.8, 4) is 0 Å². The number of likely N-dealkylation sites (N-methyl/N-ethyl adjacent to an activating group) is 1. The molecule has 74 valence electrons. The lowest BCUT2D eigenvalue weighted by Gasteiger charge is -2.17. The van der Waals surface area contributed by atoms with Crippen LogP contribution in [0.2, 0.25) is 0 Å². The van der Waals surface area contributed by atoms with Crippen LogP contribution in [0.15, 0.2) is 15.9 Å². The highest BCUT2D eigenvalue weighted by atomic mass is 79.9. The van der Waals surface area contributed by atoms with Gasteiger partial charge in [0.1, 0.15) is 0 Å². The SMILES string of the molecule is CC(N)CN(C)Cc1cc(Br)cs1. The molecule has 0 radical (unpaired) electrons. The maximum atomic E-state index is 5.70. The molecule has 2 nitrogen and oxygen atoms in total. The van der Waals surface area contributed by atoms with Gasteiger partial charge < -0.3 is 5.73 Å². The monoisotopic (exact) mass is 262 g/mol. The van der Waals surface area contributed by atoms with Gasteiger partial charge in [-0.1, -0.05) is 0 Å². The van der Waals surface area contributed by atoms with E-state index >= 15 is 0 Å². The quantitative estimate of drug-likeness (QED) is 0.903. The Balaban J connectivity index is 2.40. The van der Waals surface area contributed by atoms with Crippen molar-refractivity contribution in [1.29, 1.82) is 0 Å². The zero-order chi connectivity index (χ0) is 9.84. The van der Waals surface area contributed by atoms with Crippen LogP contribution in [0.5, 0.6) is 0 Å². The molecule has 1 unspecified atom stereocenters. The Kier molecular flexibility index (Phi) is 4.38. The Morgan fingerprint density at radius 2 is 2.38 bits per heavy atom. The molecule has 0 spiro atoms. The highest BCUT2D eigenvalue weighted by Crippen LogP contribution is 2.20. The van der Waals surface area contributed by atoms with Gasteiger partial charge in [0, 0.05) is 33.9 Å². The van der Waals surface area contributed by atoms with Gasteiger partial charge in [-0.3, -0.25) is 4.90 Å². The van der Waals surface area contributed by atoms with Crippen LogP contribution in [-0.2, 0) is 6.54 Å². The average Bonchev–Trinajstić information content (AvgIpc) is 2.33. The second-order valence-corrected chi connectivity index (χ2v) is 5.32. The van der Waals surface area contributed by atoms with Crippen molar-refractivity contribution in [1.82, 2.24) is 4.90 Å². The molecule has 0 aromatic carbocycles. The fourth-order valence-electron chi connectivity index (χ4n) is 1.26. The van der Waals surface area contributed by atoms with Crippen LogP contribution in [0.1, 0.15) is 11.8 Å². The van der Waals surface area contributed by atoms with Gasteiger partial charge in [0.25, 0.3) is 0 Å². The summed E-state index contributed by atoms with van der Waals surface area (Å²) in [6.07, 6.45) is 0. The summed E-state index contributed by atoms with van der Waals surface area (Å²) < 4.78 is 1.17. The number of thiophene rings is 1. The third-order valence-electron chi connectivity index (χ3n) is 1.65. The minimum atomic E-state index is 0.244. The first-order valence-corrected chi connectivity index (χ1v) is 5.92. The number of hydrogen-bond acceptors (Lipinski definition) is 3. The van der Waals surface area contributed by atoms with Crippen LogP contribution in [0.3, 0.4) is 0 Å². The normalized spacial score (nSPS) is 13.6. The molecule has 0 saturated heterocycles. The van der Waals surface area contributed by atoms with Gasteiger partial charge >= 0.3 is 0 Å². The van der Waals surface area contributed by atoms with E-state index in [1.54, 1.807) is 11.3 Å². The Bertz CT molecular complexity index is 260. The van der Waals surface area contributed by atoms with Crippen molar-refractivity contribution in [3.63, 3.8) is 0 Å².